The number of hydrogen-bond acceptors (Lipinski definition) is 5. The number of methoxy groups -OCH3 is 1. The van der Waals surface area contributed by atoms with Gasteiger partial charge in [-0.25, -0.2) is 8.42 Å². The average molecular weight is 322 g/mol. The Morgan fingerprint density at radius 1 is 1.14 bits per heavy atom. The van der Waals surface area contributed by atoms with E-state index in [2.05, 4.69) is 4.72 Å². The van der Waals surface area contributed by atoms with Crippen molar-refractivity contribution in [2.75, 3.05) is 17.6 Å². The molecule has 0 aliphatic carbocycles. The summed E-state index contributed by atoms with van der Waals surface area (Å²) in [6.07, 6.45) is 0. The third-order valence-corrected chi connectivity index (χ3v) is 4.89. The van der Waals surface area contributed by atoms with Crippen LogP contribution >= 0.6 is 0 Å². The van der Waals surface area contributed by atoms with Crippen LogP contribution in [0, 0.1) is 13.8 Å². The normalized spacial score (nSPS) is 11.2. The highest BCUT2D eigenvalue weighted by Crippen LogP contribution is 2.30. The molecule has 0 aromatic heterocycles. The zero-order valence-electron chi connectivity index (χ0n) is 12.5. The van der Waals surface area contributed by atoms with Crippen molar-refractivity contribution in [3.63, 3.8) is 0 Å². The lowest BCUT2D eigenvalue weighted by Crippen LogP contribution is -2.16. The van der Waals surface area contributed by atoms with Gasteiger partial charge >= 0.3 is 0 Å². The van der Waals surface area contributed by atoms with Crippen LogP contribution < -0.4 is 15.2 Å². The quantitative estimate of drug-likeness (QED) is 0.750. The molecule has 0 aliphatic rings. The summed E-state index contributed by atoms with van der Waals surface area (Å²) >= 11 is 0. The highest BCUT2D eigenvalue weighted by Gasteiger charge is 2.21. The molecule has 4 N–H and O–H groups in total. The maximum Gasteiger partial charge on any atom is 0.262 e. The van der Waals surface area contributed by atoms with Gasteiger partial charge in [-0.3, -0.25) is 4.72 Å². The molecular weight excluding hydrogens is 304 g/mol. The molecule has 0 amide bonds. The average Bonchev–Trinajstić information content (AvgIpc) is 2.39. The number of rotatable bonds is 4. The summed E-state index contributed by atoms with van der Waals surface area (Å²) in [5.41, 5.74) is 7.28. The number of anilines is 2. The summed E-state index contributed by atoms with van der Waals surface area (Å²) in [6, 6.07) is 7.49. The van der Waals surface area contributed by atoms with Crippen LogP contribution in [0.3, 0.4) is 0 Å². The van der Waals surface area contributed by atoms with Crippen LogP contribution in [0.5, 0.6) is 11.5 Å². The lowest BCUT2D eigenvalue weighted by molar-refractivity contribution is 0.415. The largest absolute Gasteiger partial charge is 0.508 e. The molecule has 2 aromatic carbocycles. The molecular formula is C15H18N2O4S. The number of aromatic hydroxyl groups is 1. The Kier molecular flexibility index (Phi) is 4.18. The third kappa shape index (κ3) is 3.09. The number of nitrogens with one attached hydrogen (secondary N) is 1. The molecule has 0 radical (unpaired) electrons. The molecule has 0 atom stereocenters. The second-order valence-electron chi connectivity index (χ2n) is 4.97. The topological polar surface area (TPSA) is 102 Å². The molecule has 0 spiro atoms. The number of sulfonamides is 1. The summed E-state index contributed by atoms with van der Waals surface area (Å²) in [5, 5.41) is 9.53. The Labute approximate surface area is 129 Å². The number of aryl methyl sites for hydroxylation is 2. The minimum Gasteiger partial charge on any atom is -0.508 e. The van der Waals surface area contributed by atoms with E-state index in [1.165, 1.54) is 31.4 Å². The van der Waals surface area contributed by atoms with E-state index in [1.807, 2.05) is 0 Å². The van der Waals surface area contributed by atoms with Gasteiger partial charge < -0.3 is 15.6 Å². The lowest BCUT2D eigenvalue weighted by Gasteiger charge is -2.15. The van der Waals surface area contributed by atoms with Crippen LogP contribution in [0.4, 0.5) is 11.4 Å². The molecule has 0 unspecified atom stereocenters. The molecule has 7 heteroatoms. The summed E-state index contributed by atoms with van der Waals surface area (Å²) in [6.45, 7) is 3.25. The maximum atomic E-state index is 12.6. The molecule has 0 saturated heterocycles. The van der Waals surface area contributed by atoms with Crippen molar-refractivity contribution in [2.45, 2.75) is 18.7 Å². The SMILES string of the molecule is COc1ccc(NS(=O)(=O)c2c(C)cc(O)cc2C)c(N)c1. The Morgan fingerprint density at radius 2 is 1.73 bits per heavy atom. The minimum absolute atomic E-state index is 0.0258. The fourth-order valence-corrected chi connectivity index (χ4v) is 3.85. The number of nitrogen functional groups attached to an aromatic ring is 1. The first kappa shape index (κ1) is 16.0. The Bertz CT molecular complexity index is 793. The van der Waals surface area contributed by atoms with Crippen molar-refractivity contribution in [1.29, 1.82) is 0 Å². The molecule has 6 nitrogen and oxygen atoms in total. The number of hydrogen-bond donors (Lipinski definition) is 3. The fourth-order valence-electron chi connectivity index (χ4n) is 2.31. The molecule has 0 bridgehead atoms. The zero-order valence-corrected chi connectivity index (χ0v) is 13.4. The highest BCUT2D eigenvalue weighted by atomic mass is 32.2. The summed E-state index contributed by atoms with van der Waals surface area (Å²) in [7, 11) is -2.31. The number of benzene rings is 2. The molecule has 2 aromatic rings. The van der Waals surface area contributed by atoms with E-state index in [0.717, 1.165) is 0 Å². The van der Waals surface area contributed by atoms with Crippen LogP contribution in [-0.4, -0.2) is 20.6 Å². The first-order valence-electron chi connectivity index (χ1n) is 6.51. The molecule has 0 heterocycles. The first-order chi connectivity index (χ1) is 10.2. The summed E-state index contributed by atoms with van der Waals surface area (Å²) in [5.74, 6) is 0.565. The predicted molar refractivity (Wildman–Crippen MR) is 85.8 cm³/mol. The van der Waals surface area contributed by atoms with Crippen molar-refractivity contribution < 1.29 is 18.3 Å². The Balaban J connectivity index is 2.45. The van der Waals surface area contributed by atoms with Gasteiger partial charge in [-0.2, -0.15) is 0 Å². The number of nitrogens with two attached hydrogens (primary N) is 1. The van der Waals surface area contributed by atoms with Crippen molar-refractivity contribution in [3.05, 3.63) is 41.5 Å². The van der Waals surface area contributed by atoms with Crippen LogP contribution in [0.1, 0.15) is 11.1 Å². The maximum absolute atomic E-state index is 12.6. The smallest absolute Gasteiger partial charge is 0.262 e. The molecule has 2 rings (SSSR count). The molecule has 0 saturated carbocycles. The molecule has 22 heavy (non-hydrogen) atoms. The van der Waals surface area contributed by atoms with Crippen molar-refractivity contribution in [2.24, 2.45) is 0 Å². The van der Waals surface area contributed by atoms with E-state index in [9.17, 15) is 13.5 Å². The van der Waals surface area contributed by atoms with Crippen LogP contribution in [-0.2, 0) is 10.0 Å². The van der Waals surface area contributed by atoms with Crippen molar-refractivity contribution in [3.8, 4) is 11.5 Å². The molecule has 0 fully saturated rings. The van der Waals surface area contributed by atoms with Gasteiger partial charge in [0.25, 0.3) is 10.0 Å². The van der Waals surface area contributed by atoms with E-state index in [-0.39, 0.29) is 22.0 Å². The van der Waals surface area contributed by atoms with E-state index in [0.29, 0.717) is 16.9 Å². The third-order valence-electron chi connectivity index (χ3n) is 3.22. The van der Waals surface area contributed by atoms with Crippen molar-refractivity contribution >= 4 is 21.4 Å². The van der Waals surface area contributed by atoms with Gasteiger partial charge in [0.2, 0.25) is 0 Å². The van der Waals surface area contributed by atoms with E-state index in [4.69, 9.17) is 10.5 Å². The number of phenols is 1. The van der Waals surface area contributed by atoms with Gasteiger partial charge in [-0.1, -0.05) is 0 Å². The van der Waals surface area contributed by atoms with Gasteiger partial charge in [-0.05, 0) is 49.2 Å². The number of ether oxygens (including phenoxy) is 1. The minimum atomic E-state index is -3.82. The summed E-state index contributed by atoms with van der Waals surface area (Å²) in [4.78, 5) is 0.125. The van der Waals surface area contributed by atoms with Crippen LogP contribution in [0.15, 0.2) is 35.2 Å². The van der Waals surface area contributed by atoms with Crippen LogP contribution in [0.25, 0.3) is 0 Å². The second-order valence-corrected chi connectivity index (χ2v) is 6.59. The van der Waals surface area contributed by atoms with Gasteiger partial charge in [-0.15, -0.1) is 0 Å². The van der Waals surface area contributed by atoms with Crippen LogP contribution in [0.2, 0.25) is 0 Å². The summed E-state index contributed by atoms with van der Waals surface area (Å²) < 4.78 is 32.7. The first-order valence-corrected chi connectivity index (χ1v) is 7.99. The van der Waals surface area contributed by atoms with E-state index >= 15 is 0 Å². The highest BCUT2D eigenvalue weighted by molar-refractivity contribution is 7.92. The zero-order chi connectivity index (χ0) is 16.5. The van der Waals surface area contributed by atoms with Crippen molar-refractivity contribution in [1.82, 2.24) is 0 Å². The molecule has 0 aliphatic heterocycles. The lowest BCUT2D eigenvalue weighted by atomic mass is 10.1. The van der Waals surface area contributed by atoms with Gasteiger partial charge in [0, 0.05) is 6.07 Å². The second kappa shape index (κ2) is 5.76. The Hall–Kier alpha value is -2.41. The van der Waals surface area contributed by atoms with E-state index in [1.54, 1.807) is 19.9 Å². The van der Waals surface area contributed by atoms with Gasteiger partial charge in [0.15, 0.2) is 0 Å². The predicted octanol–water partition coefficient (Wildman–Crippen LogP) is 2.40. The van der Waals surface area contributed by atoms with Gasteiger partial charge in [0.05, 0.1) is 23.4 Å². The Morgan fingerprint density at radius 3 is 2.23 bits per heavy atom. The van der Waals surface area contributed by atoms with Gasteiger partial charge in [0.1, 0.15) is 11.5 Å². The monoisotopic (exact) mass is 322 g/mol. The van der Waals surface area contributed by atoms with E-state index < -0.39 is 10.0 Å². The molecule has 118 valence electrons. The fraction of sp³-hybridized carbons (Fsp3) is 0.200. The number of phenolic OH excluding ortho intramolecular Hbond substituents is 1. The standard InChI is InChI=1S/C15H18N2O4S/c1-9-6-11(18)7-10(2)15(9)22(19,20)17-14-5-4-12(21-3)8-13(14)16/h4-8,17-18H,16H2,1-3H3.